The molecule has 0 aliphatic carbocycles. The van der Waals surface area contributed by atoms with E-state index in [0.717, 1.165) is 59.5 Å². The molecule has 1 aliphatic heterocycles. The molecule has 0 radical (unpaired) electrons. The number of nitrogens with zero attached hydrogens (tertiary/aromatic N) is 2. The molecule has 3 aromatic rings. The minimum absolute atomic E-state index is 0.0304. The zero-order valence-electron chi connectivity index (χ0n) is 17.1. The number of aryl methyl sites for hydroxylation is 1. The average Bonchev–Trinajstić information content (AvgIpc) is 2.77. The third kappa shape index (κ3) is 4.92. The highest BCUT2D eigenvalue weighted by Gasteiger charge is 2.19. The number of aromatic nitrogens is 2. The fourth-order valence-electron chi connectivity index (χ4n) is 3.57. The molecule has 1 fully saturated rings. The number of fused-ring (bicyclic) bond motifs is 1. The van der Waals surface area contributed by atoms with E-state index in [2.05, 4.69) is 24.0 Å². The minimum atomic E-state index is -0.0903. The van der Waals surface area contributed by atoms with Crippen molar-refractivity contribution in [2.45, 2.75) is 51.9 Å². The van der Waals surface area contributed by atoms with E-state index in [0.29, 0.717) is 6.61 Å². The summed E-state index contributed by atoms with van der Waals surface area (Å²) in [6, 6.07) is 14.1. The fraction of sp³-hybridized carbons (Fsp3) is 0.417. The lowest BCUT2D eigenvalue weighted by Gasteiger charge is -2.27. The van der Waals surface area contributed by atoms with E-state index in [1.165, 1.54) is 6.42 Å². The molecule has 1 saturated heterocycles. The first-order chi connectivity index (χ1) is 14.2. The SMILES string of the molecule is CC[C@H](COc1ccc2nc(-c3cccnc3C)ccc2c1)OC1CCCCO1. The lowest BCUT2D eigenvalue weighted by molar-refractivity contribution is -0.193. The Balaban J connectivity index is 1.43. The molecular weight excluding hydrogens is 364 g/mol. The molecular formula is C24H28N2O3. The smallest absolute Gasteiger partial charge is 0.158 e. The Labute approximate surface area is 172 Å². The largest absolute Gasteiger partial charge is 0.491 e. The third-order valence-electron chi connectivity index (χ3n) is 5.32. The maximum atomic E-state index is 6.06. The van der Waals surface area contributed by atoms with Crippen molar-refractivity contribution in [3.05, 3.63) is 54.4 Å². The van der Waals surface area contributed by atoms with Crippen molar-refractivity contribution in [3.8, 4) is 17.0 Å². The van der Waals surface area contributed by atoms with E-state index in [4.69, 9.17) is 19.2 Å². The third-order valence-corrected chi connectivity index (χ3v) is 5.32. The standard InChI is InChI=1S/C24H28N2O3/c1-3-19(29-24-8-4-5-14-27-24)16-28-20-10-12-22-18(15-20)9-11-23(26-22)21-7-6-13-25-17(21)2/h6-7,9-13,15,19,24H,3-5,8,14,16H2,1-2H3/t19-,24?/m1/s1. The Morgan fingerprint density at radius 2 is 2.10 bits per heavy atom. The van der Waals surface area contributed by atoms with Crippen LogP contribution in [0.25, 0.3) is 22.2 Å². The molecule has 2 atom stereocenters. The fourth-order valence-corrected chi connectivity index (χ4v) is 3.57. The van der Waals surface area contributed by atoms with Crippen LogP contribution >= 0.6 is 0 Å². The van der Waals surface area contributed by atoms with Crippen LogP contribution in [0.15, 0.2) is 48.7 Å². The van der Waals surface area contributed by atoms with Crippen LogP contribution in [-0.4, -0.2) is 35.6 Å². The van der Waals surface area contributed by atoms with Crippen LogP contribution in [0.3, 0.4) is 0 Å². The van der Waals surface area contributed by atoms with Gasteiger partial charge in [-0.3, -0.25) is 4.98 Å². The number of hydrogen-bond donors (Lipinski definition) is 0. The van der Waals surface area contributed by atoms with Crippen LogP contribution < -0.4 is 4.74 Å². The molecule has 1 aliphatic rings. The Kier molecular flexibility index (Phi) is 6.37. The molecule has 29 heavy (non-hydrogen) atoms. The van der Waals surface area contributed by atoms with Crippen molar-refractivity contribution in [1.82, 2.24) is 9.97 Å². The van der Waals surface area contributed by atoms with Crippen molar-refractivity contribution in [1.29, 1.82) is 0 Å². The van der Waals surface area contributed by atoms with Gasteiger partial charge in [0.2, 0.25) is 0 Å². The molecule has 5 nitrogen and oxygen atoms in total. The van der Waals surface area contributed by atoms with Crippen LogP contribution in [0.2, 0.25) is 0 Å². The summed E-state index contributed by atoms with van der Waals surface area (Å²) >= 11 is 0. The number of pyridine rings is 2. The molecule has 5 heteroatoms. The van der Waals surface area contributed by atoms with Gasteiger partial charge in [-0.1, -0.05) is 13.0 Å². The number of ether oxygens (including phenoxy) is 3. The van der Waals surface area contributed by atoms with Gasteiger partial charge in [0.05, 0.1) is 17.3 Å². The Hall–Kier alpha value is -2.50. The first-order valence-corrected chi connectivity index (χ1v) is 10.5. The molecule has 0 spiro atoms. The molecule has 3 heterocycles. The summed E-state index contributed by atoms with van der Waals surface area (Å²) < 4.78 is 17.8. The van der Waals surface area contributed by atoms with E-state index >= 15 is 0 Å². The minimum Gasteiger partial charge on any atom is -0.491 e. The summed E-state index contributed by atoms with van der Waals surface area (Å²) in [5.41, 5.74) is 3.91. The number of hydrogen-bond acceptors (Lipinski definition) is 5. The van der Waals surface area contributed by atoms with Gasteiger partial charge in [0.15, 0.2) is 6.29 Å². The normalized spacial score (nSPS) is 17.9. The summed E-state index contributed by atoms with van der Waals surface area (Å²) in [5.74, 6) is 0.830. The van der Waals surface area contributed by atoms with Gasteiger partial charge in [-0.2, -0.15) is 0 Å². The predicted molar refractivity (Wildman–Crippen MR) is 114 cm³/mol. The van der Waals surface area contributed by atoms with Gasteiger partial charge in [0.1, 0.15) is 12.4 Å². The van der Waals surface area contributed by atoms with Crippen LogP contribution in [0.5, 0.6) is 5.75 Å². The lowest BCUT2D eigenvalue weighted by Crippen LogP contribution is -2.31. The number of benzene rings is 1. The molecule has 1 aromatic carbocycles. The van der Waals surface area contributed by atoms with Crippen molar-refractivity contribution in [2.24, 2.45) is 0 Å². The van der Waals surface area contributed by atoms with E-state index in [1.54, 1.807) is 6.20 Å². The predicted octanol–water partition coefficient (Wildman–Crippen LogP) is 5.31. The van der Waals surface area contributed by atoms with Gasteiger partial charge >= 0.3 is 0 Å². The Morgan fingerprint density at radius 1 is 1.17 bits per heavy atom. The molecule has 0 bridgehead atoms. The second-order valence-electron chi connectivity index (χ2n) is 7.46. The van der Waals surface area contributed by atoms with Gasteiger partial charge in [-0.15, -0.1) is 0 Å². The Bertz CT molecular complexity index is 954. The van der Waals surface area contributed by atoms with Crippen molar-refractivity contribution < 1.29 is 14.2 Å². The summed E-state index contributed by atoms with van der Waals surface area (Å²) in [6.45, 7) is 5.42. The molecule has 1 unspecified atom stereocenters. The molecule has 4 rings (SSSR count). The average molecular weight is 392 g/mol. The maximum Gasteiger partial charge on any atom is 0.158 e. The van der Waals surface area contributed by atoms with Crippen molar-refractivity contribution in [3.63, 3.8) is 0 Å². The van der Waals surface area contributed by atoms with E-state index in [-0.39, 0.29) is 12.4 Å². The topological polar surface area (TPSA) is 53.5 Å². The molecule has 0 N–H and O–H groups in total. The van der Waals surface area contributed by atoms with Crippen molar-refractivity contribution in [2.75, 3.05) is 13.2 Å². The first-order valence-electron chi connectivity index (χ1n) is 10.5. The van der Waals surface area contributed by atoms with Crippen molar-refractivity contribution >= 4 is 10.9 Å². The van der Waals surface area contributed by atoms with Gasteiger partial charge < -0.3 is 14.2 Å². The van der Waals surface area contributed by atoms with Crippen LogP contribution in [0.4, 0.5) is 0 Å². The van der Waals surface area contributed by atoms with Crippen LogP contribution in [0, 0.1) is 6.92 Å². The number of rotatable bonds is 7. The quantitative estimate of drug-likeness (QED) is 0.546. The van der Waals surface area contributed by atoms with Crippen LogP contribution in [0.1, 0.15) is 38.3 Å². The molecule has 152 valence electrons. The van der Waals surface area contributed by atoms with Crippen LogP contribution in [-0.2, 0) is 9.47 Å². The van der Waals surface area contributed by atoms with Gasteiger partial charge in [0.25, 0.3) is 0 Å². The summed E-state index contributed by atoms with van der Waals surface area (Å²) in [7, 11) is 0. The summed E-state index contributed by atoms with van der Waals surface area (Å²) in [6.07, 6.45) is 5.90. The highest BCUT2D eigenvalue weighted by molar-refractivity contribution is 5.83. The second kappa shape index (κ2) is 9.33. The van der Waals surface area contributed by atoms with Gasteiger partial charge in [-0.05, 0) is 69.0 Å². The second-order valence-corrected chi connectivity index (χ2v) is 7.46. The Morgan fingerprint density at radius 3 is 2.90 bits per heavy atom. The zero-order chi connectivity index (χ0) is 20.1. The first kappa shape index (κ1) is 19.8. The summed E-state index contributed by atoms with van der Waals surface area (Å²) in [5, 5.41) is 1.05. The highest BCUT2D eigenvalue weighted by Crippen LogP contribution is 2.26. The monoisotopic (exact) mass is 392 g/mol. The highest BCUT2D eigenvalue weighted by atomic mass is 16.7. The van der Waals surface area contributed by atoms with Gasteiger partial charge in [-0.25, -0.2) is 4.98 Å². The summed E-state index contributed by atoms with van der Waals surface area (Å²) in [4.78, 5) is 9.16. The maximum absolute atomic E-state index is 6.06. The molecule has 0 saturated carbocycles. The molecule has 2 aromatic heterocycles. The lowest BCUT2D eigenvalue weighted by atomic mass is 10.1. The zero-order valence-corrected chi connectivity index (χ0v) is 17.1. The van der Waals surface area contributed by atoms with E-state index in [1.807, 2.05) is 37.3 Å². The van der Waals surface area contributed by atoms with Gasteiger partial charge in [0, 0.05) is 29.4 Å². The van der Waals surface area contributed by atoms with E-state index < -0.39 is 0 Å². The molecule has 0 amide bonds. The van der Waals surface area contributed by atoms with E-state index in [9.17, 15) is 0 Å².